The average Bonchev–Trinajstić information content (AvgIpc) is 3.18. The minimum Gasteiger partial charge on any atom is -0.464 e. The van der Waals surface area contributed by atoms with Gasteiger partial charge < -0.3 is 4.74 Å². The molecule has 1 saturated carbocycles. The number of methoxy groups -OCH3 is 1. The molecule has 0 bridgehead atoms. The second-order valence-corrected chi connectivity index (χ2v) is 8.10. The van der Waals surface area contributed by atoms with Gasteiger partial charge in [0.2, 0.25) is 0 Å². The molecule has 5 aromatic rings. The molecule has 4 aromatic heterocycles. The minimum absolute atomic E-state index is 0.245. The van der Waals surface area contributed by atoms with Crippen LogP contribution in [0.1, 0.15) is 29.4 Å². The molecule has 148 valence electrons. The molecule has 1 fully saturated rings. The van der Waals surface area contributed by atoms with Crippen molar-refractivity contribution in [2.45, 2.75) is 18.9 Å². The van der Waals surface area contributed by atoms with E-state index in [0.29, 0.717) is 16.9 Å². The number of thiazole rings is 1. The first-order valence-electron chi connectivity index (χ1n) is 9.57. The van der Waals surface area contributed by atoms with Gasteiger partial charge in [-0.3, -0.25) is 9.08 Å². The zero-order chi connectivity index (χ0) is 20.2. The van der Waals surface area contributed by atoms with E-state index in [4.69, 9.17) is 14.8 Å². The fourth-order valence-corrected chi connectivity index (χ4v) is 4.42. The lowest BCUT2D eigenvalue weighted by molar-refractivity contribution is 0.0596. The van der Waals surface area contributed by atoms with E-state index in [2.05, 4.69) is 14.4 Å². The molecule has 1 aliphatic rings. The average molecular weight is 416 g/mol. The van der Waals surface area contributed by atoms with E-state index >= 15 is 0 Å². The monoisotopic (exact) mass is 416 g/mol. The Kier molecular flexibility index (Phi) is 3.72. The van der Waals surface area contributed by atoms with Gasteiger partial charge in [0, 0.05) is 28.7 Å². The number of hydrogen-bond acceptors (Lipinski definition) is 7. The Morgan fingerprint density at radius 3 is 2.93 bits per heavy atom. The largest absolute Gasteiger partial charge is 0.464 e. The first kappa shape index (κ1) is 17.3. The normalized spacial score (nSPS) is 13.9. The van der Waals surface area contributed by atoms with Crippen LogP contribution in [0.3, 0.4) is 0 Å². The molecule has 4 heterocycles. The SMILES string of the molecule is COC(=O)c1ncnc2ccc(-c3c(-c4ccn(C5CC5)n4)nc4sccn34)cc12. The van der Waals surface area contributed by atoms with Crippen LogP contribution in [0.2, 0.25) is 0 Å². The van der Waals surface area contributed by atoms with Crippen molar-refractivity contribution in [2.24, 2.45) is 0 Å². The van der Waals surface area contributed by atoms with E-state index in [9.17, 15) is 4.79 Å². The minimum atomic E-state index is -0.489. The maximum absolute atomic E-state index is 12.2. The van der Waals surface area contributed by atoms with Crippen molar-refractivity contribution >= 4 is 33.2 Å². The summed E-state index contributed by atoms with van der Waals surface area (Å²) < 4.78 is 8.98. The van der Waals surface area contributed by atoms with E-state index in [0.717, 1.165) is 27.6 Å². The zero-order valence-corrected chi connectivity index (χ0v) is 16.8. The van der Waals surface area contributed by atoms with Crippen LogP contribution in [0, 0.1) is 0 Å². The number of aromatic nitrogens is 6. The summed E-state index contributed by atoms with van der Waals surface area (Å²) in [5, 5.41) is 7.41. The third-order valence-electron chi connectivity index (χ3n) is 5.32. The predicted octanol–water partition coefficient (Wildman–Crippen LogP) is 3.99. The maximum Gasteiger partial charge on any atom is 0.357 e. The molecule has 1 aliphatic carbocycles. The Labute approximate surface area is 174 Å². The van der Waals surface area contributed by atoms with Crippen LogP contribution in [-0.2, 0) is 4.74 Å². The number of fused-ring (bicyclic) bond motifs is 2. The Morgan fingerprint density at radius 2 is 2.10 bits per heavy atom. The van der Waals surface area contributed by atoms with Crippen molar-refractivity contribution in [3.63, 3.8) is 0 Å². The number of carbonyl (C=O) groups excluding carboxylic acids is 1. The Hall–Kier alpha value is -3.59. The smallest absolute Gasteiger partial charge is 0.357 e. The number of esters is 1. The van der Waals surface area contributed by atoms with Crippen LogP contribution < -0.4 is 0 Å². The fraction of sp³-hybridized carbons (Fsp3) is 0.190. The van der Waals surface area contributed by atoms with E-state index in [1.807, 2.05) is 46.7 Å². The second-order valence-electron chi connectivity index (χ2n) is 7.22. The Morgan fingerprint density at radius 1 is 1.20 bits per heavy atom. The van der Waals surface area contributed by atoms with Crippen LogP contribution in [0.25, 0.3) is 38.5 Å². The zero-order valence-electron chi connectivity index (χ0n) is 16.0. The highest BCUT2D eigenvalue weighted by Gasteiger charge is 2.26. The van der Waals surface area contributed by atoms with Crippen molar-refractivity contribution in [1.29, 1.82) is 0 Å². The highest BCUT2D eigenvalue weighted by molar-refractivity contribution is 7.15. The number of ether oxygens (including phenoxy) is 1. The number of imidazole rings is 1. The van der Waals surface area contributed by atoms with Gasteiger partial charge in [-0.25, -0.2) is 19.7 Å². The van der Waals surface area contributed by atoms with E-state index in [1.54, 1.807) is 11.3 Å². The first-order chi connectivity index (χ1) is 14.7. The van der Waals surface area contributed by atoms with Gasteiger partial charge in [0.25, 0.3) is 0 Å². The summed E-state index contributed by atoms with van der Waals surface area (Å²) in [5.74, 6) is -0.489. The van der Waals surface area contributed by atoms with Gasteiger partial charge in [0.1, 0.15) is 17.7 Å². The number of nitrogens with zero attached hydrogens (tertiary/aromatic N) is 6. The number of carbonyl (C=O) groups is 1. The van der Waals surface area contributed by atoms with Crippen molar-refractivity contribution in [1.82, 2.24) is 29.1 Å². The summed E-state index contributed by atoms with van der Waals surface area (Å²) in [4.78, 5) is 26.4. The van der Waals surface area contributed by atoms with E-state index in [-0.39, 0.29) is 5.69 Å². The summed E-state index contributed by atoms with van der Waals surface area (Å²) in [6.45, 7) is 0. The van der Waals surface area contributed by atoms with Gasteiger partial charge in [0.15, 0.2) is 10.7 Å². The summed E-state index contributed by atoms with van der Waals surface area (Å²) >= 11 is 1.57. The third-order valence-corrected chi connectivity index (χ3v) is 6.08. The topological polar surface area (TPSA) is 87.2 Å². The highest BCUT2D eigenvalue weighted by atomic mass is 32.1. The lowest BCUT2D eigenvalue weighted by Gasteiger charge is -2.07. The molecular formula is C21H16N6O2S. The predicted molar refractivity (Wildman–Crippen MR) is 112 cm³/mol. The first-order valence-corrected chi connectivity index (χ1v) is 10.5. The molecule has 0 N–H and O–H groups in total. The summed E-state index contributed by atoms with van der Waals surface area (Å²) in [6, 6.07) is 8.31. The molecule has 30 heavy (non-hydrogen) atoms. The summed E-state index contributed by atoms with van der Waals surface area (Å²) in [6.07, 6.45) is 7.74. The van der Waals surface area contributed by atoms with Gasteiger partial charge in [-0.15, -0.1) is 11.3 Å². The molecule has 0 spiro atoms. The molecule has 0 unspecified atom stereocenters. The summed E-state index contributed by atoms with van der Waals surface area (Å²) in [7, 11) is 1.35. The number of benzene rings is 1. The molecule has 0 aliphatic heterocycles. The second kappa shape index (κ2) is 6.46. The molecule has 8 nitrogen and oxygen atoms in total. The van der Waals surface area contributed by atoms with E-state index < -0.39 is 5.97 Å². The number of rotatable bonds is 4. The van der Waals surface area contributed by atoms with Gasteiger partial charge in [-0.2, -0.15) is 5.10 Å². The Bertz CT molecular complexity index is 1430. The summed E-state index contributed by atoms with van der Waals surface area (Å²) in [5.41, 5.74) is 4.41. The molecule has 6 rings (SSSR count). The van der Waals surface area contributed by atoms with Crippen molar-refractivity contribution in [2.75, 3.05) is 7.11 Å². The van der Waals surface area contributed by atoms with Crippen molar-refractivity contribution in [3.05, 3.63) is 54.1 Å². The van der Waals surface area contributed by atoms with Gasteiger partial charge >= 0.3 is 5.97 Å². The van der Waals surface area contributed by atoms with Crippen LogP contribution in [0.15, 0.2) is 48.4 Å². The Balaban J connectivity index is 1.58. The molecule has 0 atom stereocenters. The quantitative estimate of drug-likeness (QED) is 0.412. The molecule has 9 heteroatoms. The van der Waals surface area contributed by atoms with Crippen LogP contribution in [0.5, 0.6) is 0 Å². The van der Waals surface area contributed by atoms with Gasteiger partial charge in [0.05, 0.1) is 24.4 Å². The molecule has 0 radical (unpaired) electrons. The lowest BCUT2D eigenvalue weighted by atomic mass is 10.0. The van der Waals surface area contributed by atoms with E-state index in [1.165, 1.54) is 26.3 Å². The molecule has 0 saturated heterocycles. The molecule has 0 amide bonds. The van der Waals surface area contributed by atoms with Crippen LogP contribution in [0.4, 0.5) is 0 Å². The van der Waals surface area contributed by atoms with Gasteiger partial charge in [-0.05, 0) is 31.0 Å². The molecular weight excluding hydrogens is 400 g/mol. The lowest BCUT2D eigenvalue weighted by Crippen LogP contribution is -2.05. The van der Waals surface area contributed by atoms with Crippen LogP contribution in [-0.4, -0.2) is 42.2 Å². The van der Waals surface area contributed by atoms with Gasteiger partial charge in [-0.1, -0.05) is 6.07 Å². The highest BCUT2D eigenvalue weighted by Crippen LogP contribution is 2.38. The van der Waals surface area contributed by atoms with Crippen LogP contribution >= 0.6 is 11.3 Å². The van der Waals surface area contributed by atoms with Crippen molar-refractivity contribution in [3.8, 4) is 22.6 Å². The molecule has 1 aromatic carbocycles. The van der Waals surface area contributed by atoms with Crippen molar-refractivity contribution < 1.29 is 9.53 Å². The maximum atomic E-state index is 12.2. The number of hydrogen-bond donors (Lipinski definition) is 0. The third kappa shape index (κ3) is 2.62. The fourth-order valence-electron chi connectivity index (χ4n) is 3.71. The standard InChI is InChI=1S/C21H16N6O2S/c1-29-20(28)17-14-10-12(2-5-15(14)22-11-23-17)19-18(24-21-26(19)8-9-30-21)16-6-7-27(25-16)13-3-4-13/h2,5-11,13H,3-4H2,1H3.